The van der Waals surface area contributed by atoms with Gasteiger partial charge in [0.05, 0.1) is 0 Å². The number of hydrogen-bond acceptors (Lipinski definition) is 3. The third-order valence-corrected chi connectivity index (χ3v) is 3.42. The maximum Gasteiger partial charge on any atom is 0.122 e. The van der Waals surface area contributed by atoms with Gasteiger partial charge in [0.1, 0.15) is 24.7 Å². The van der Waals surface area contributed by atoms with Gasteiger partial charge in [-0.3, -0.25) is 0 Å². The third-order valence-electron chi connectivity index (χ3n) is 3.42. The van der Waals surface area contributed by atoms with Gasteiger partial charge < -0.3 is 15.2 Å². The minimum absolute atomic E-state index is 0.494. The fourth-order valence-corrected chi connectivity index (χ4v) is 1.98. The highest BCUT2D eigenvalue weighted by Crippen LogP contribution is 2.20. The summed E-state index contributed by atoms with van der Waals surface area (Å²) in [5, 5.41) is 0. The zero-order chi connectivity index (χ0) is 15.2. The highest BCUT2D eigenvalue weighted by molar-refractivity contribution is 5.50. The number of benzene rings is 2. The zero-order valence-electron chi connectivity index (χ0n) is 12.9. The minimum Gasteiger partial charge on any atom is -0.490 e. The summed E-state index contributed by atoms with van der Waals surface area (Å²) in [5.74, 6) is 2.18. The Morgan fingerprint density at radius 3 is 2.05 bits per heavy atom. The van der Waals surface area contributed by atoms with Gasteiger partial charge in [0.2, 0.25) is 0 Å². The molecular formula is C18H23NO2. The molecule has 0 radical (unpaired) electrons. The van der Waals surface area contributed by atoms with E-state index >= 15 is 0 Å². The molecule has 112 valence electrons. The predicted octanol–water partition coefficient (Wildman–Crippen LogP) is 4.16. The molecule has 0 unspecified atom stereocenters. The van der Waals surface area contributed by atoms with Crippen molar-refractivity contribution >= 4 is 5.69 Å². The van der Waals surface area contributed by atoms with E-state index in [0.29, 0.717) is 19.1 Å². The molecule has 0 saturated heterocycles. The molecule has 2 aromatic carbocycles. The normalized spacial score (nSPS) is 10.7. The highest BCUT2D eigenvalue weighted by Gasteiger charge is 2.01. The van der Waals surface area contributed by atoms with Crippen LogP contribution in [0.15, 0.2) is 42.5 Å². The lowest BCUT2D eigenvalue weighted by atomic mass is 10.0. The van der Waals surface area contributed by atoms with E-state index in [1.165, 1.54) is 5.56 Å². The van der Waals surface area contributed by atoms with E-state index in [2.05, 4.69) is 26.0 Å². The molecule has 0 amide bonds. The summed E-state index contributed by atoms with van der Waals surface area (Å²) in [6.07, 6.45) is 0. The number of anilines is 1. The monoisotopic (exact) mass is 285 g/mol. The summed E-state index contributed by atoms with van der Waals surface area (Å²) in [6.45, 7) is 7.33. The topological polar surface area (TPSA) is 44.5 Å². The summed E-state index contributed by atoms with van der Waals surface area (Å²) in [6, 6.07) is 13.9. The summed E-state index contributed by atoms with van der Waals surface area (Å²) in [4.78, 5) is 0. The molecule has 0 aliphatic carbocycles. The van der Waals surface area contributed by atoms with Crippen molar-refractivity contribution in [3.05, 3.63) is 53.6 Å². The van der Waals surface area contributed by atoms with E-state index in [0.717, 1.165) is 22.7 Å². The van der Waals surface area contributed by atoms with Crippen LogP contribution in [0.25, 0.3) is 0 Å². The van der Waals surface area contributed by atoms with E-state index in [1.54, 1.807) is 0 Å². The Balaban J connectivity index is 1.77. The summed E-state index contributed by atoms with van der Waals surface area (Å²) in [7, 11) is 0. The van der Waals surface area contributed by atoms with Gasteiger partial charge in [0.15, 0.2) is 0 Å². The fraction of sp³-hybridized carbons (Fsp3) is 0.333. The lowest BCUT2D eigenvalue weighted by Crippen LogP contribution is -2.09. The second-order valence-corrected chi connectivity index (χ2v) is 5.44. The van der Waals surface area contributed by atoms with E-state index in [4.69, 9.17) is 15.2 Å². The SMILES string of the molecule is Cc1ccc(OCCOc2ccc(C(C)C)cc2)cc1N. The molecule has 0 heterocycles. The van der Waals surface area contributed by atoms with Crippen LogP contribution in [0.4, 0.5) is 5.69 Å². The number of aryl methyl sites for hydroxylation is 1. The van der Waals surface area contributed by atoms with Gasteiger partial charge >= 0.3 is 0 Å². The molecule has 2 aromatic rings. The van der Waals surface area contributed by atoms with Crippen LogP contribution in [0.1, 0.15) is 30.9 Å². The van der Waals surface area contributed by atoms with Crippen LogP contribution >= 0.6 is 0 Å². The van der Waals surface area contributed by atoms with Gasteiger partial charge in [-0.05, 0) is 42.2 Å². The molecule has 0 saturated carbocycles. The second-order valence-electron chi connectivity index (χ2n) is 5.44. The Morgan fingerprint density at radius 2 is 1.48 bits per heavy atom. The zero-order valence-corrected chi connectivity index (χ0v) is 12.9. The Kier molecular flexibility index (Phi) is 5.09. The molecule has 0 atom stereocenters. The molecule has 0 aliphatic rings. The smallest absolute Gasteiger partial charge is 0.122 e. The molecule has 0 aliphatic heterocycles. The molecule has 0 spiro atoms. The first-order chi connectivity index (χ1) is 10.1. The standard InChI is InChI=1S/C18H23NO2/c1-13(2)15-5-8-16(9-6-15)20-10-11-21-17-7-4-14(3)18(19)12-17/h4-9,12-13H,10-11,19H2,1-3H3. The van der Waals surface area contributed by atoms with Crippen LogP contribution in [0, 0.1) is 6.92 Å². The van der Waals surface area contributed by atoms with Crippen molar-refractivity contribution in [1.82, 2.24) is 0 Å². The van der Waals surface area contributed by atoms with E-state index in [-0.39, 0.29) is 0 Å². The second kappa shape index (κ2) is 7.02. The Hall–Kier alpha value is -2.16. The molecule has 0 aromatic heterocycles. The fourth-order valence-electron chi connectivity index (χ4n) is 1.98. The van der Waals surface area contributed by atoms with Crippen molar-refractivity contribution in [3.63, 3.8) is 0 Å². The molecule has 0 bridgehead atoms. The number of hydrogen-bond donors (Lipinski definition) is 1. The van der Waals surface area contributed by atoms with E-state index in [9.17, 15) is 0 Å². The van der Waals surface area contributed by atoms with Crippen molar-refractivity contribution in [2.24, 2.45) is 0 Å². The maximum atomic E-state index is 5.84. The third kappa shape index (κ3) is 4.42. The highest BCUT2D eigenvalue weighted by atomic mass is 16.5. The van der Waals surface area contributed by atoms with Crippen LogP contribution in [-0.2, 0) is 0 Å². The van der Waals surface area contributed by atoms with E-state index in [1.807, 2.05) is 37.3 Å². The first-order valence-corrected chi connectivity index (χ1v) is 7.28. The largest absolute Gasteiger partial charge is 0.490 e. The van der Waals surface area contributed by atoms with Crippen molar-refractivity contribution < 1.29 is 9.47 Å². The quantitative estimate of drug-likeness (QED) is 0.640. The molecule has 21 heavy (non-hydrogen) atoms. The average Bonchev–Trinajstić information content (AvgIpc) is 2.47. The molecule has 2 rings (SSSR count). The van der Waals surface area contributed by atoms with Crippen LogP contribution in [0.2, 0.25) is 0 Å². The molecule has 3 nitrogen and oxygen atoms in total. The van der Waals surface area contributed by atoms with Gasteiger partial charge in [-0.15, -0.1) is 0 Å². The Bertz CT molecular complexity index is 576. The van der Waals surface area contributed by atoms with Gasteiger partial charge in [-0.25, -0.2) is 0 Å². The van der Waals surface area contributed by atoms with Crippen LogP contribution < -0.4 is 15.2 Å². The van der Waals surface area contributed by atoms with Crippen molar-refractivity contribution in [3.8, 4) is 11.5 Å². The number of nitrogen functional groups attached to an aromatic ring is 1. The van der Waals surface area contributed by atoms with Gasteiger partial charge in [-0.1, -0.05) is 32.0 Å². The van der Waals surface area contributed by atoms with Crippen LogP contribution in [-0.4, -0.2) is 13.2 Å². The Morgan fingerprint density at radius 1 is 0.905 bits per heavy atom. The number of rotatable bonds is 6. The number of nitrogens with two attached hydrogens (primary N) is 1. The van der Waals surface area contributed by atoms with Crippen molar-refractivity contribution in [2.75, 3.05) is 18.9 Å². The lowest BCUT2D eigenvalue weighted by Gasteiger charge is -2.10. The first kappa shape index (κ1) is 15.2. The average molecular weight is 285 g/mol. The summed E-state index contributed by atoms with van der Waals surface area (Å²) in [5.41, 5.74) is 8.96. The molecule has 2 N–H and O–H groups in total. The van der Waals surface area contributed by atoms with Crippen molar-refractivity contribution in [1.29, 1.82) is 0 Å². The minimum atomic E-state index is 0.494. The Labute approximate surface area is 126 Å². The molecule has 3 heteroatoms. The first-order valence-electron chi connectivity index (χ1n) is 7.28. The predicted molar refractivity (Wildman–Crippen MR) is 87.1 cm³/mol. The number of ether oxygens (including phenoxy) is 2. The molecule has 0 fully saturated rings. The summed E-state index contributed by atoms with van der Waals surface area (Å²) >= 11 is 0. The van der Waals surface area contributed by atoms with Crippen LogP contribution in [0.3, 0.4) is 0 Å². The summed E-state index contributed by atoms with van der Waals surface area (Å²) < 4.78 is 11.3. The lowest BCUT2D eigenvalue weighted by molar-refractivity contribution is 0.217. The maximum absolute atomic E-state index is 5.84. The van der Waals surface area contributed by atoms with Crippen LogP contribution in [0.5, 0.6) is 11.5 Å². The van der Waals surface area contributed by atoms with Gasteiger partial charge in [0, 0.05) is 11.8 Å². The van der Waals surface area contributed by atoms with Gasteiger partial charge in [0.25, 0.3) is 0 Å². The molecular weight excluding hydrogens is 262 g/mol. The van der Waals surface area contributed by atoms with Crippen molar-refractivity contribution in [2.45, 2.75) is 26.7 Å². The van der Waals surface area contributed by atoms with E-state index < -0.39 is 0 Å². The van der Waals surface area contributed by atoms with Gasteiger partial charge in [-0.2, -0.15) is 0 Å².